The highest BCUT2D eigenvalue weighted by Gasteiger charge is 2.56. The number of fused-ring (bicyclic) bond motifs is 3. The smallest absolute Gasteiger partial charge is 0.238 e. The molecule has 2 aromatic rings. The number of ketones is 2. The lowest BCUT2D eigenvalue weighted by Gasteiger charge is -2.42. The third-order valence-electron chi connectivity index (χ3n) is 9.29. The van der Waals surface area contributed by atoms with E-state index in [-0.39, 0.29) is 35.6 Å². The zero-order chi connectivity index (χ0) is 28.4. The van der Waals surface area contributed by atoms with E-state index in [0.717, 1.165) is 24.4 Å². The van der Waals surface area contributed by atoms with E-state index in [9.17, 15) is 24.3 Å². The number of aromatic hydroxyl groups is 1. The van der Waals surface area contributed by atoms with Crippen LogP contribution in [0.15, 0.2) is 83.0 Å². The number of carbonyl (C=O) groups is 4. The van der Waals surface area contributed by atoms with Gasteiger partial charge in [0.25, 0.3) is 0 Å². The van der Waals surface area contributed by atoms with E-state index in [2.05, 4.69) is 4.90 Å². The molecule has 0 aromatic heterocycles. The molecule has 1 N–H and O–H groups in total. The van der Waals surface area contributed by atoms with Gasteiger partial charge in [-0.3, -0.25) is 24.1 Å². The number of nitrogens with zero attached hydrogens (tertiary/aromatic N) is 2. The van der Waals surface area contributed by atoms with Crippen molar-refractivity contribution >= 4 is 34.8 Å². The first-order chi connectivity index (χ1) is 19.8. The van der Waals surface area contributed by atoms with Crippen LogP contribution in [0.25, 0.3) is 0 Å². The Kier molecular flexibility index (Phi) is 6.05. The summed E-state index contributed by atoms with van der Waals surface area (Å²) in [5.41, 5.74) is 4.01. The second-order valence-corrected chi connectivity index (χ2v) is 11.4. The van der Waals surface area contributed by atoms with Gasteiger partial charge in [0.1, 0.15) is 5.75 Å². The number of allylic oxidation sites excluding steroid dienone is 6. The van der Waals surface area contributed by atoms with Crippen molar-refractivity contribution in [1.29, 1.82) is 0 Å². The first kappa shape index (κ1) is 25.7. The van der Waals surface area contributed by atoms with Crippen LogP contribution in [0.4, 0.5) is 11.4 Å². The summed E-state index contributed by atoms with van der Waals surface area (Å²) in [4.78, 5) is 58.1. The molecule has 8 nitrogen and oxygen atoms in total. The molecule has 2 aliphatic heterocycles. The third-order valence-corrected chi connectivity index (χ3v) is 9.29. The minimum absolute atomic E-state index is 0.0235. The third kappa shape index (κ3) is 3.92. The Labute approximate surface area is 237 Å². The molecule has 0 saturated carbocycles. The van der Waals surface area contributed by atoms with E-state index in [1.807, 2.05) is 30.3 Å². The highest BCUT2D eigenvalue weighted by Crippen LogP contribution is 2.56. The normalized spacial score (nSPS) is 27.8. The summed E-state index contributed by atoms with van der Waals surface area (Å²) >= 11 is 0. The summed E-state index contributed by atoms with van der Waals surface area (Å²) in [5.74, 6) is -3.25. The minimum Gasteiger partial charge on any atom is -0.508 e. The SMILES string of the molecule is CC1=CC(=O)C2=C(C[C@@H]3C(=CC[C@@H]4C(=O)N(c5ccc(N6CCOCC6)cc5)C(=O)[C@@H]43)[C@@H]2c2ccccc2O)C1=O. The van der Waals surface area contributed by atoms with Gasteiger partial charge in [-0.15, -0.1) is 0 Å². The quantitative estimate of drug-likeness (QED) is 0.352. The molecule has 2 fully saturated rings. The van der Waals surface area contributed by atoms with Crippen LogP contribution in [0.3, 0.4) is 0 Å². The maximum atomic E-state index is 14.1. The van der Waals surface area contributed by atoms with Gasteiger partial charge < -0.3 is 14.7 Å². The molecule has 2 saturated heterocycles. The molecule has 8 heteroatoms. The highest BCUT2D eigenvalue weighted by molar-refractivity contribution is 6.25. The van der Waals surface area contributed by atoms with Crippen LogP contribution in [-0.4, -0.2) is 54.8 Å². The van der Waals surface area contributed by atoms with Gasteiger partial charge in [-0.2, -0.15) is 0 Å². The van der Waals surface area contributed by atoms with Crippen molar-refractivity contribution in [2.45, 2.75) is 25.7 Å². The van der Waals surface area contributed by atoms with Crippen LogP contribution in [0.2, 0.25) is 0 Å². The predicted molar refractivity (Wildman–Crippen MR) is 151 cm³/mol. The number of benzene rings is 2. The number of ether oxygens (including phenoxy) is 1. The fourth-order valence-electron chi connectivity index (χ4n) is 7.36. The average Bonchev–Trinajstić information content (AvgIpc) is 3.25. The Balaban J connectivity index is 1.27. The molecule has 2 heterocycles. The molecule has 41 heavy (non-hydrogen) atoms. The van der Waals surface area contributed by atoms with Crippen molar-refractivity contribution in [2.24, 2.45) is 17.8 Å². The van der Waals surface area contributed by atoms with Gasteiger partial charge >= 0.3 is 0 Å². The summed E-state index contributed by atoms with van der Waals surface area (Å²) in [6.07, 6.45) is 3.90. The van der Waals surface area contributed by atoms with E-state index in [1.54, 1.807) is 31.2 Å². The molecular formula is C33H30N2O6. The van der Waals surface area contributed by atoms with Crippen LogP contribution < -0.4 is 9.80 Å². The minimum atomic E-state index is -0.656. The molecule has 2 amide bonds. The maximum Gasteiger partial charge on any atom is 0.238 e. The Bertz CT molecular complexity index is 1590. The summed E-state index contributed by atoms with van der Waals surface area (Å²) < 4.78 is 5.44. The van der Waals surface area contributed by atoms with Gasteiger partial charge in [0.05, 0.1) is 30.7 Å². The Morgan fingerprint density at radius 1 is 0.878 bits per heavy atom. The standard InChI is InChI=1S/C33H30N2O6/c1-18-16-27(37)30-25(31(18)38)17-24-21(28(30)22-4-2-3-5-26(22)36)10-11-23-29(24)33(40)35(32(23)39)20-8-6-19(7-9-20)34-12-14-41-15-13-34/h2-10,16,23-24,28-29,36H,11-15,17H2,1H3/t23-,24+,28+,29-/m0/s1. The van der Waals surface area contributed by atoms with Crippen LogP contribution >= 0.6 is 0 Å². The number of phenols is 1. The Hall–Kier alpha value is -4.30. The zero-order valence-electron chi connectivity index (χ0n) is 22.7. The van der Waals surface area contributed by atoms with Crippen LogP contribution in [0, 0.1) is 17.8 Å². The van der Waals surface area contributed by atoms with Crippen molar-refractivity contribution in [3.05, 3.63) is 88.5 Å². The second kappa shape index (κ2) is 9.66. The molecular weight excluding hydrogens is 520 g/mol. The molecule has 3 aliphatic carbocycles. The fraction of sp³-hybridized carbons (Fsp3) is 0.333. The van der Waals surface area contributed by atoms with Crippen molar-refractivity contribution in [1.82, 2.24) is 0 Å². The monoisotopic (exact) mass is 550 g/mol. The second-order valence-electron chi connectivity index (χ2n) is 11.4. The van der Waals surface area contributed by atoms with Gasteiger partial charge in [-0.25, -0.2) is 0 Å². The number of hydrogen-bond acceptors (Lipinski definition) is 7. The number of rotatable bonds is 3. The van der Waals surface area contributed by atoms with E-state index in [1.165, 1.54) is 11.0 Å². The van der Waals surface area contributed by atoms with E-state index < -0.39 is 23.7 Å². The largest absolute Gasteiger partial charge is 0.508 e. The molecule has 0 spiro atoms. The number of imide groups is 1. The van der Waals surface area contributed by atoms with Gasteiger partial charge in [-0.1, -0.05) is 29.8 Å². The Morgan fingerprint density at radius 2 is 1.59 bits per heavy atom. The maximum absolute atomic E-state index is 14.1. The molecule has 0 unspecified atom stereocenters. The number of carbonyl (C=O) groups excluding carboxylic acids is 4. The molecule has 208 valence electrons. The molecule has 4 atom stereocenters. The van der Waals surface area contributed by atoms with Crippen molar-refractivity contribution in [3.63, 3.8) is 0 Å². The lowest BCUT2D eigenvalue weighted by Crippen LogP contribution is -2.39. The molecule has 7 rings (SSSR count). The molecule has 0 bridgehead atoms. The van der Waals surface area contributed by atoms with Gasteiger partial charge in [0, 0.05) is 47.0 Å². The lowest BCUT2D eigenvalue weighted by molar-refractivity contribution is -0.123. The van der Waals surface area contributed by atoms with Crippen LogP contribution in [-0.2, 0) is 23.9 Å². The highest BCUT2D eigenvalue weighted by atomic mass is 16.5. The van der Waals surface area contributed by atoms with Gasteiger partial charge in [-0.05, 0) is 62.1 Å². The van der Waals surface area contributed by atoms with Crippen LogP contribution in [0.5, 0.6) is 5.75 Å². The summed E-state index contributed by atoms with van der Waals surface area (Å²) in [6.45, 7) is 4.52. The van der Waals surface area contributed by atoms with E-state index >= 15 is 0 Å². The number of morpholine rings is 1. The first-order valence-corrected chi connectivity index (χ1v) is 14.1. The summed E-state index contributed by atoms with van der Waals surface area (Å²) in [6, 6.07) is 14.3. The zero-order valence-corrected chi connectivity index (χ0v) is 22.7. The number of amides is 2. The fourth-order valence-corrected chi connectivity index (χ4v) is 7.36. The summed E-state index contributed by atoms with van der Waals surface area (Å²) in [7, 11) is 0. The lowest BCUT2D eigenvalue weighted by atomic mass is 9.59. The van der Waals surface area contributed by atoms with Gasteiger partial charge in [0.15, 0.2) is 11.6 Å². The van der Waals surface area contributed by atoms with Crippen molar-refractivity contribution in [2.75, 3.05) is 36.1 Å². The molecule has 0 radical (unpaired) electrons. The number of Topliss-reactive ketones (excluding diaryl/α,β-unsaturated/α-hetero) is 1. The predicted octanol–water partition coefficient (Wildman–Crippen LogP) is 3.86. The van der Waals surface area contributed by atoms with Crippen molar-refractivity contribution < 1.29 is 29.0 Å². The van der Waals surface area contributed by atoms with E-state index in [4.69, 9.17) is 4.74 Å². The van der Waals surface area contributed by atoms with Crippen LogP contribution in [0.1, 0.15) is 31.2 Å². The number of anilines is 2. The van der Waals surface area contributed by atoms with Gasteiger partial charge in [0.2, 0.25) is 11.8 Å². The summed E-state index contributed by atoms with van der Waals surface area (Å²) in [5, 5.41) is 10.8. The number of hydrogen-bond donors (Lipinski definition) is 1. The van der Waals surface area contributed by atoms with E-state index in [0.29, 0.717) is 47.6 Å². The molecule has 5 aliphatic rings. The average molecular weight is 551 g/mol. The first-order valence-electron chi connectivity index (χ1n) is 14.1. The Morgan fingerprint density at radius 3 is 2.32 bits per heavy atom. The molecule has 2 aromatic carbocycles. The topological polar surface area (TPSA) is 104 Å². The number of phenolic OH excluding ortho intramolecular Hbond substituents is 1. The van der Waals surface area contributed by atoms with Crippen molar-refractivity contribution in [3.8, 4) is 5.75 Å². The number of para-hydroxylation sites is 1.